The van der Waals surface area contributed by atoms with Crippen LogP contribution in [0.1, 0.15) is 54.5 Å². The zero-order chi connectivity index (χ0) is 20.8. The summed E-state index contributed by atoms with van der Waals surface area (Å²) in [7, 11) is 1.26. The minimum atomic E-state index is -2.56. The first kappa shape index (κ1) is 7.09. The van der Waals surface area contributed by atoms with Gasteiger partial charge in [0.2, 0.25) is 0 Å². The Hall–Kier alpha value is -1.06. The molecule has 1 aliphatic rings. The maximum absolute atomic E-state index is 11.3. The van der Waals surface area contributed by atoms with Crippen molar-refractivity contribution in [2.45, 2.75) is 43.6 Å². The summed E-state index contributed by atoms with van der Waals surface area (Å²) in [6.45, 7) is -3.08. The summed E-state index contributed by atoms with van der Waals surface area (Å²) >= 11 is 0. The van der Waals surface area contributed by atoms with Crippen molar-refractivity contribution in [1.29, 1.82) is 0 Å². The predicted molar refractivity (Wildman–Crippen MR) is 77.4 cm³/mol. The zero-order valence-corrected chi connectivity index (χ0v) is 11.1. The van der Waals surface area contributed by atoms with Crippen molar-refractivity contribution in [3.05, 3.63) is 29.7 Å². The number of aliphatic hydroxyl groups is 1. The van der Waals surface area contributed by atoms with Gasteiger partial charge >= 0.3 is 0 Å². The average Bonchev–Trinajstić information content (AvgIpc) is 2.58. The largest absolute Gasteiger partial charge is 0.508 e. The molecule has 2 rings (SSSR count). The molecule has 1 atom stereocenters. The second kappa shape index (κ2) is 5.93. The summed E-state index contributed by atoms with van der Waals surface area (Å²) in [5.74, 6) is -2.96. The molecule has 0 aliphatic heterocycles. The van der Waals surface area contributed by atoms with E-state index in [1.807, 2.05) is 0 Å². The van der Waals surface area contributed by atoms with E-state index in [0.29, 0.717) is 12.8 Å². The molecule has 0 aromatic heterocycles. The lowest BCUT2D eigenvalue weighted by Crippen LogP contribution is -2.42. The molecule has 1 aromatic carbocycles. The van der Waals surface area contributed by atoms with E-state index in [0.717, 1.165) is 11.3 Å². The summed E-state index contributed by atoms with van der Waals surface area (Å²) in [5, 5.41) is 21.1. The van der Waals surface area contributed by atoms with Gasteiger partial charge in [-0.25, -0.2) is 0 Å². The average molecular weight is 271 g/mol. The fraction of sp³-hybridized carbons (Fsp3) is 0.625. The van der Waals surface area contributed by atoms with Crippen LogP contribution in [0.2, 0.25) is 0 Å². The molecule has 1 unspecified atom stereocenters. The van der Waals surface area contributed by atoms with Crippen LogP contribution in [-0.4, -0.2) is 41.3 Å². The highest BCUT2D eigenvalue weighted by atomic mass is 16.3. The second-order valence-electron chi connectivity index (χ2n) is 5.15. The highest BCUT2D eigenvalue weighted by molar-refractivity contribution is 5.30. The van der Waals surface area contributed by atoms with Crippen LogP contribution in [0.25, 0.3) is 0 Å². The Labute approximate surface area is 127 Å². The molecule has 2 N–H and O–H groups in total. The molecule has 1 saturated carbocycles. The molecule has 0 spiro atoms. The lowest BCUT2D eigenvalue weighted by atomic mass is 9.72. The van der Waals surface area contributed by atoms with Crippen molar-refractivity contribution in [2.75, 3.05) is 20.6 Å². The van der Waals surface area contributed by atoms with E-state index in [1.54, 1.807) is 0 Å². The molecule has 3 heteroatoms. The van der Waals surface area contributed by atoms with Crippen LogP contribution in [0.5, 0.6) is 5.75 Å². The van der Waals surface area contributed by atoms with E-state index >= 15 is 0 Å². The molecule has 19 heavy (non-hydrogen) atoms. The van der Waals surface area contributed by atoms with Gasteiger partial charge in [-0.15, -0.1) is 0 Å². The molecular formula is C16H25NO2. The molecule has 3 nitrogen and oxygen atoms in total. The van der Waals surface area contributed by atoms with E-state index in [1.165, 1.54) is 7.05 Å². The van der Waals surface area contributed by atoms with Gasteiger partial charge in [-0.1, -0.05) is 31.3 Å². The molecule has 1 aliphatic carbocycles. The summed E-state index contributed by atoms with van der Waals surface area (Å²) in [4.78, 5) is 0.894. The van der Waals surface area contributed by atoms with Crippen LogP contribution in [-0.2, 0) is 0 Å². The van der Waals surface area contributed by atoms with Crippen molar-refractivity contribution >= 4 is 0 Å². The Morgan fingerprint density at radius 1 is 1.37 bits per heavy atom. The van der Waals surface area contributed by atoms with Gasteiger partial charge < -0.3 is 15.1 Å². The first-order valence-electron chi connectivity index (χ1n) is 10.5. The molecule has 0 bridgehead atoms. The van der Waals surface area contributed by atoms with Crippen molar-refractivity contribution in [3.63, 3.8) is 0 Å². The maximum Gasteiger partial charge on any atom is 0.115 e. The first-order chi connectivity index (χ1) is 12.3. The maximum atomic E-state index is 11.3. The smallest absolute Gasteiger partial charge is 0.115 e. The molecule has 0 radical (unpaired) electrons. The Morgan fingerprint density at radius 2 is 2.00 bits per heavy atom. The topological polar surface area (TPSA) is 43.7 Å². The Bertz CT molecular complexity index is 688. The third-order valence-corrected chi connectivity index (χ3v) is 3.55. The number of aromatic hydroxyl groups is 1. The van der Waals surface area contributed by atoms with E-state index in [9.17, 15) is 10.2 Å². The van der Waals surface area contributed by atoms with Crippen molar-refractivity contribution in [3.8, 4) is 5.75 Å². The zero-order valence-electron chi connectivity index (χ0n) is 19.1. The number of phenolic OH excluding ortho intramolecular Hbond substituents is 1. The minimum absolute atomic E-state index is 0.186. The van der Waals surface area contributed by atoms with Crippen LogP contribution < -0.4 is 0 Å². The van der Waals surface area contributed by atoms with E-state index in [2.05, 4.69) is 0 Å². The standard InChI is InChI=1S/C16H25NO2/c1-17(2)12-15(13-6-8-14(18)9-7-13)16(19)10-4-3-5-11-16/h6-9,15,18-19H,3-5,10-12H2,1-2H3/i1D3,6D,7D,8D,9D,15D. The van der Waals surface area contributed by atoms with Crippen molar-refractivity contribution in [1.82, 2.24) is 4.90 Å². The fourth-order valence-electron chi connectivity index (χ4n) is 2.59. The van der Waals surface area contributed by atoms with Gasteiger partial charge in [0.1, 0.15) is 5.75 Å². The molecule has 0 heterocycles. The van der Waals surface area contributed by atoms with Gasteiger partial charge in [0.05, 0.1) is 11.1 Å². The van der Waals surface area contributed by atoms with Gasteiger partial charge in [0.25, 0.3) is 0 Å². The normalized spacial score (nSPS) is 28.8. The SMILES string of the molecule is [2H]c1c([2H])c(C([2H])(CN(C)C([2H])([2H])[2H])C2(O)CCCCC2)c([2H])c([2H])c1O. The third kappa shape index (κ3) is 3.48. The fourth-order valence-corrected chi connectivity index (χ4v) is 2.59. The van der Waals surface area contributed by atoms with Crippen molar-refractivity contribution in [2.24, 2.45) is 0 Å². The lowest BCUT2D eigenvalue weighted by molar-refractivity contribution is -0.0277. The van der Waals surface area contributed by atoms with Crippen LogP contribution in [0, 0.1) is 0 Å². The highest BCUT2D eigenvalue weighted by Gasteiger charge is 2.38. The van der Waals surface area contributed by atoms with Gasteiger partial charge in [-0.3, -0.25) is 0 Å². The summed E-state index contributed by atoms with van der Waals surface area (Å²) in [6.07, 6.45) is 2.43. The predicted octanol–water partition coefficient (Wildman–Crippen LogP) is 2.73. The van der Waals surface area contributed by atoms with Crippen LogP contribution in [0.15, 0.2) is 24.2 Å². The highest BCUT2D eigenvalue weighted by Crippen LogP contribution is 2.40. The van der Waals surface area contributed by atoms with Crippen molar-refractivity contribution < 1.29 is 21.2 Å². The molecule has 1 aromatic rings. The molecule has 106 valence electrons. The van der Waals surface area contributed by atoms with Gasteiger partial charge in [0.15, 0.2) is 0 Å². The molecule has 1 fully saturated rings. The number of nitrogens with zero attached hydrogens (tertiary/aromatic N) is 1. The summed E-state index contributed by atoms with van der Waals surface area (Å²) in [5.41, 5.74) is -2.11. The third-order valence-electron chi connectivity index (χ3n) is 3.55. The number of benzene rings is 1. The van der Waals surface area contributed by atoms with Gasteiger partial charge in [-0.2, -0.15) is 0 Å². The first-order valence-corrected chi connectivity index (χ1v) is 6.49. The summed E-state index contributed by atoms with van der Waals surface area (Å²) in [6, 6.07) is -2.69. The lowest BCUT2D eigenvalue weighted by Gasteiger charge is -2.40. The quantitative estimate of drug-likeness (QED) is 0.885. The van der Waals surface area contributed by atoms with Crippen LogP contribution >= 0.6 is 0 Å². The van der Waals surface area contributed by atoms with Crippen LogP contribution in [0.3, 0.4) is 0 Å². The number of likely N-dealkylation sites (N-methyl/N-ethyl adjacent to an activating group) is 1. The minimum Gasteiger partial charge on any atom is -0.508 e. The van der Waals surface area contributed by atoms with Crippen LogP contribution in [0.4, 0.5) is 0 Å². The Morgan fingerprint density at radius 3 is 2.58 bits per heavy atom. The second-order valence-corrected chi connectivity index (χ2v) is 5.15. The number of hydrogen-bond donors (Lipinski definition) is 2. The summed E-state index contributed by atoms with van der Waals surface area (Å²) < 4.78 is 63.9. The Kier molecular flexibility index (Phi) is 2.21. The van der Waals surface area contributed by atoms with E-state index in [4.69, 9.17) is 11.0 Å². The number of hydrogen-bond acceptors (Lipinski definition) is 3. The van der Waals surface area contributed by atoms with E-state index < -0.39 is 60.5 Å². The number of phenols is 1. The van der Waals surface area contributed by atoms with Gasteiger partial charge in [-0.05, 0) is 44.5 Å². The Balaban J connectivity index is 2.75. The molecular weight excluding hydrogens is 238 g/mol. The van der Waals surface area contributed by atoms with E-state index in [-0.39, 0.29) is 12.8 Å². The van der Waals surface area contributed by atoms with Gasteiger partial charge in [0, 0.05) is 17.9 Å². The molecule has 0 saturated heterocycles. The molecule has 0 amide bonds. The monoisotopic (exact) mass is 271 g/mol. The number of rotatable bonds is 4.